The first-order valence-corrected chi connectivity index (χ1v) is 5.27. The quantitative estimate of drug-likeness (QED) is 0.689. The van der Waals surface area contributed by atoms with Crippen molar-refractivity contribution in [2.75, 3.05) is 5.32 Å². The van der Waals surface area contributed by atoms with Gasteiger partial charge in [-0.05, 0) is 31.5 Å². The Morgan fingerprint density at radius 1 is 1.35 bits per heavy atom. The van der Waals surface area contributed by atoms with E-state index in [-0.39, 0.29) is 17.6 Å². The van der Waals surface area contributed by atoms with Crippen LogP contribution in [0, 0.1) is 6.92 Å². The molecule has 0 radical (unpaired) electrons. The van der Waals surface area contributed by atoms with Gasteiger partial charge in [-0.2, -0.15) is 0 Å². The van der Waals surface area contributed by atoms with E-state index in [1.165, 1.54) is 6.92 Å². The van der Waals surface area contributed by atoms with E-state index >= 15 is 0 Å². The minimum absolute atomic E-state index is 0.00775. The van der Waals surface area contributed by atoms with Gasteiger partial charge in [0.1, 0.15) is 11.8 Å². The van der Waals surface area contributed by atoms with Crippen molar-refractivity contribution in [1.29, 1.82) is 0 Å². The van der Waals surface area contributed by atoms with Crippen LogP contribution in [0.1, 0.15) is 19.4 Å². The van der Waals surface area contributed by atoms with Crippen LogP contribution in [0.4, 0.5) is 5.69 Å². The van der Waals surface area contributed by atoms with Crippen molar-refractivity contribution < 1.29 is 14.7 Å². The first-order valence-electron chi connectivity index (χ1n) is 5.27. The summed E-state index contributed by atoms with van der Waals surface area (Å²) in [6, 6.07) is 4.30. The van der Waals surface area contributed by atoms with Gasteiger partial charge in [0.2, 0.25) is 11.8 Å². The first-order chi connectivity index (χ1) is 7.90. The number of hydrogen-bond donors (Lipinski definition) is 3. The summed E-state index contributed by atoms with van der Waals surface area (Å²) < 4.78 is 0. The number of aryl methyl sites for hydroxylation is 1. The molecule has 0 aliphatic rings. The SMILES string of the molecule is CC(=O)NC(C)C(=O)Nc1ccc(C)cc1O. The summed E-state index contributed by atoms with van der Waals surface area (Å²) in [6.07, 6.45) is 0. The lowest BCUT2D eigenvalue weighted by molar-refractivity contribution is -0.124. The number of amides is 2. The number of aromatic hydroxyl groups is 1. The highest BCUT2D eigenvalue weighted by molar-refractivity contribution is 5.97. The van der Waals surface area contributed by atoms with Gasteiger partial charge in [0, 0.05) is 6.92 Å². The van der Waals surface area contributed by atoms with E-state index in [1.807, 2.05) is 6.92 Å². The lowest BCUT2D eigenvalue weighted by atomic mass is 10.2. The maximum atomic E-state index is 11.6. The molecule has 0 bridgehead atoms. The molecule has 5 heteroatoms. The van der Waals surface area contributed by atoms with Gasteiger partial charge < -0.3 is 15.7 Å². The number of benzene rings is 1. The van der Waals surface area contributed by atoms with Crippen LogP contribution in [0.3, 0.4) is 0 Å². The Balaban J connectivity index is 2.71. The van der Waals surface area contributed by atoms with Gasteiger partial charge in [-0.3, -0.25) is 9.59 Å². The first kappa shape index (κ1) is 13.0. The van der Waals surface area contributed by atoms with Crippen molar-refractivity contribution in [3.8, 4) is 5.75 Å². The topological polar surface area (TPSA) is 78.4 Å². The molecule has 3 N–H and O–H groups in total. The fourth-order valence-electron chi connectivity index (χ4n) is 1.36. The third-order valence-corrected chi connectivity index (χ3v) is 2.22. The monoisotopic (exact) mass is 236 g/mol. The largest absolute Gasteiger partial charge is 0.506 e. The maximum Gasteiger partial charge on any atom is 0.246 e. The molecule has 0 aromatic heterocycles. The highest BCUT2D eigenvalue weighted by atomic mass is 16.3. The Kier molecular flexibility index (Phi) is 4.09. The van der Waals surface area contributed by atoms with Crippen molar-refractivity contribution in [3.05, 3.63) is 23.8 Å². The summed E-state index contributed by atoms with van der Waals surface area (Å²) in [4.78, 5) is 22.4. The molecule has 0 fully saturated rings. The molecule has 1 aromatic rings. The normalized spacial score (nSPS) is 11.7. The van der Waals surface area contributed by atoms with Crippen LogP contribution >= 0.6 is 0 Å². The molecular weight excluding hydrogens is 220 g/mol. The number of phenols is 1. The van der Waals surface area contributed by atoms with E-state index in [1.54, 1.807) is 25.1 Å². The van der Waals surface area contributed by atoms with Crippen LogP contribution in [0.5, 0.6) is 5.75 Å². The lowest BCUT2D eigenvalue weighted by Gasteiger charge is -2.13. The summed E-state index contributed by atoms with van der Waals surface area (Å²) in [5.41, 5.74) is 1.23. The molecular formula is C12H16N2O3. The second-order valence-corrected chi connectivity index (χ2v) is 3.93. The number of phenolic OH excluding ortho intramolecular Hbond substituents is 1. The van der Waals surface area contributed by atoms with Crippen LogP contribution in [0.25, 0.3) is 0 Å². The summed E-state index contributed by atoms with van der Waals surface area (Å²) in [6.45, 7) is 4.75. The van der Waals surface area contributed by atoms with Crippen molar-refractivity contribution in [3.63, 3.8) is 0 Å². The average molecular weight is 236 g/mol. The van der Waals surface area contributed by atoms with Gasteiger partial charge in [-0.15, -0.1) is 0 Å². The Morgan fingerprint density at radius 3 is 2.53 bits per heavy atom. The highest BCUT2D eigenvalue weighted by Crippen LogP contribution is 2.23. The molecule has 0 spiro atoms. The molecule has 17 heavy (non-hydrogen) atoms. The Bertz CT molecular complexity index is 443. The van der Waals surface area contributed by atoms with E-state index < -0.39 is 6.04 Å². The van der Waals surface area contributed by atoms with Crippen LogP contribution in [0.15, 0.2) is 18.2 Å². The fourth-order valence-corrected chi connectivity index (χ4v) is 1.36. The standard InChI is InChI=1S/C12H16N2O3/c1-7-4-5-10(11(16)6-7)14-12(17)8(2)13-9(3)15/h4-6,8,16H,1-3H3,(H,13,15)(H,14,17). The number of hydrogen-bond acceptors (Lipinski definition) is 3. The average Bonchev–Trinajstić information content (AvgIpc) is 2.21. The number of anilines is 1. The summed E-state index contributed by atoms with van der Waals surface area (Å²) in [5.74, 6) is -0.645. The maximum absolute atomic E-state index is 11.6. The van der Waals surface area contributed by atoms with Gasteiger partial charge in [0.15, 0.2) is 0 Å². The molecule has 0 aliphatic carbocycles. The van der Waals surface area contributed by atoms with Gasteiger partial charge in [0.05, 0.1) is 5.69 Å². The Hall–Kier alpha value is -2.04. The zero-order chi connectivity index (χ0) is 13.0. The molecule has 92 valence electrons. The van der Waals surface area contributed by atoms with Crippen LogP contribution in [0.2, 0.25) is 0 Å². The fraction of sp³-hybridized carbons (Fsp3) is 0.333. The van der Waals surface area contributed by atoms with E-state index in [0.29, 0.717) is 5.69 Å². The molecule has 0 heterocycles. The molecule has 1 aromatic carbocycles. The molecule has 2 amide bonds. The van der Waals surface area contributed by atoms with Gasteiger partial charge in [-0.25, -0.2) is 0 Å². The third kappa shape index (κ3) is 3.79. The molecule has 0 saturated carbocycles. The minimum atomic E-state index is -0.645. The van der Waals surface area contributed by atoms with E-state index in [2.05, 4.69) is 10.6 Å². The molecule has 5 nitrogen and oxygen atoms in total. The molecule has 0 aliphatic heterocycles. The molecule has 1 unspecified atom stereocenters. The van der Waals surface area contributed by atoms with Gasteiger partial charge >= 0.3 is 0 Å². The second kappa shape index (κ2) is 5.34. The van der Waals surface area contributed by atoms with Crippen molar-refractivity contribution >= 4 is 17.5 Å². The number of carbonyl (C=O) groups is 2. The van der Waals surface area contributed by atoms with Gasteiger partial charge in [0.25, 0.3) is 0 Å². The Labute approximate surface area is 99.8 Å². The zero-order valence-corrected chi connectivity index (χ0v) is 10.1. The highest BCUT2D eigenvalue weighted by Gasteiger charge is 2.14. The van der Waals surface area contributed by atoms with Crippen LogP contribution in [-0.2, 0) is 9.59 Å². The predicted octanol–water partition coefficient (Wildman–Crippen LogP) is 1.16. The van der Waals surface area contributed by atoms with Crippen molar-refractivity contribution in [1.82, 2.24) is 5.32 Å². The smallest absolute Gasteiger partial charge is 0.246 e. The summed E-state index contributed by atoms with van der Waals surface area (Å²) in [5, 5.41) is 14.6. The lowest BCUT2D eigenvalue weighted by Crippen LogP contribution is -2.40. The van der Waals surface area contributed by atoms with Crippen molar-refractivity contribution in [2.45, 2.75) is 26.8 Å². The molecule has 1 atom stereocenters. The van der Waals surface area contributed by atoms with E-state index in [0.717, 1.165) is 5.56 Å². The van der Waals surface area contributed by atoms with Crippen molar-refractivity contribution in [2.24, 2.45) is 0 Å². The molecule has 0 saturated heterocycles. The molecule has 1 rings (SSSR count). The summed E-state index contributed by atoms with van der Waals surface area (Å²) in [7, 11) is 0. The number of rotatable bonds is 3. The van der Waals surface area contributed by atoms with E-state index in [4.69, 9.17) is 0 Å². The van der Waals surface area contributed by atoms with Gasteiger partial charge in [-0.1, -0.05) is 6.07 Å². The second-order valence-electron chi connectivity index (χ2n) is 3.93. The predicted molar refractivity (Wildman–Crippen MR) is 64.8 cm³/mol. The minimum Gasteiger partial charge on any atom is -0.506 e. The zero-order valence-electron chi connectivity index (χ0n) is 10.1. The van der Waals surface area contributed by atoms with Crippen LogP contribution < -0.4 is 10.6 Å². The van der Waals surface area contributed by atoms with E-state index in [9.17, 15) is 14.7 Å². The summed E-state index contributed by atoms with van der Waals surface area (Å²) >= 11 is 0. The number of nitrogens with one attached hydrogen (secondary N) is 2. The number of carbonyl (C=O) groups excluding carboxylic acids is 2. The third-order valence-electron chi connectivity index (χ3n) is 2.22. The Morgan fingerprint density at radius 2 is 2.00 bits per heavy atom. The van der Waals surface area contributed by atoms with Crippen LogP contribution in [-0.4, -0.2) is 23.0 Å².